The van der Waals surface area contributed by atoms with E-state index in [9.17, 15) is 23.4 Å². The number of aliphatic hydroxyl groups is 2. The third-order valence-electron chi connectivity index (χ3n) is 6.88. The lowest BCUT2D eigenvalue weighted by atomic mass is 9.90. The van der Waals surface area contributed by atoms with E-state index in [1.54, 1.807) is 6.20 Å². The summed E-state index contributed by atoms with van der Waals surface area (Å²) in [5.74, 6) is -2.15. The van der Waals surface area contributed by atoms with Gasteiger partial charge in [-0.15, -0.1) is 10.2 Å². The van der Waals surface area contributed by atoms with Crippen LogP contribution in [0.4, 0.5) is 13.2 Å². The number of nitrogens with zero attached hydrogens (tertiary/aromatic N) is 6. The molecule has 0 amide bonds. The van der Waals surface area contributed by atoms with Crippen molar-refractivity contribution in [1.29, 1.82) is 0 Å². The number of alkyl halides is 1. The van der Waals surface area contributed by atoms with Crippen LogP contribution < -0.4 is 0 Å². The van der Waals surface area contributed by atoms with E-state index in [-0.39, 0.29) is 22.2 Å². The summed E-state index contributed by atoms with van der Waals surface area (Å²) in [6.45, 7) is -1.02. The molecule has 194 valence electrons. The van der Waals surface area contributed by atoms with Crippen molar-refractivity contribution in [3.63, 3.8) is 0 Å². The van der Waals surface area contributed by atoms with Gasteiger partial charge in [0.05, 0.1) is 34.6 Å². The van der Waals surface area contributed by atoms with Gasteiger partial charge in [0.2, 0.25) is 0 Å². The highest BCUT2D eigenvalue weighted by molar-refractivity contribution is 9.10. The first-order valence-electron chi connectivity index (χ1n) is 11.3. The molecular weight excluding hydrogens is 549 g/mol. The average Bonchev–Trinajstić information content (AvgIpc) is 3.28. The number of hydrogen-bond acceptors (Lipinski definition) is 8. The van der Waals surface area contributed by atoms with Crippen molar-refractivity contribution in [3.8, 4) is 11.3 Å². The average molecular weight is 573 g/mol. The fraction of sp³-hybridized carbons (Fsp3) is 0.545. The van der Waals surface area contributed by atoms with Crippen molar-refractivity contribution in [1.82, 2.24) is 30.0 Å². The van der Waals surface area contributed by atoms with E-state index in [0.29, 0.717) is 18.5 Å². The third-order valence-corrected chi connectivity index (χ3v) is 7.49. The maximum absolute atomic E-state index is 14.5. The maximum Gasteiger partial charge on any atom is 0.173 e. The van der Waals surface area contributed by atoms with Gasteiger partial charge in [-0.05, 0) is 40.9 Å². The first-order chi connectivity index (χ1) is 17.3. The Labute approximate surface area is 212 Å². The highest BCUT2D eigenvalue weighted by atomic mass is 79.9. The maximum atomic E-state index is 14.5. The molecule has 1 aromatic carbocycles. The number of aliphatic hydroxyl groups excluding tert-OH is 2. The summed E-state index contributed by atoms with van der Waals surface area (Å²) < 4.78 is 56.4. The van der Waals surface area contributed by atoms with Crippen LogP contribution in [0.3, 0.4) is 0 Å². The molecule has 0 spiro atoms. The molecule has 1 aliphatic heterocycles. The Kier molecular flexibility index (Phi) is 6.89. The second-order valence-electron chi connectivity index (χ2n) is 9.10. The van der Waals surface area contributed by atoms with E-state index < -0.39 is 60.9 Å². The zero-order valence-corrected chi connectivity index (χ0v) is 20.7. The summed E-state index contributed by atoms with van der Waals surface area (Å²) >= 11 is 2.94. The zero-order valence-electron chi connectivity index (χ0n) is 19.1. The van der Waals surface area contributed by atoms with E-state index >= 15 is 0 Å². The summed E-state index contributed by atoms with van der Waals surface area (Å²) in [6.07, 6.45) is 0.883. The van der Waals surface area contributed by atoms with Crippen molar-refractivity contribution in [3.05, 3.63) is 46.3 Å². The molecule has 0 unspecified atom stereocenters. The molecule has 14 heteroatoms. The van der Waals surface area contributed by atoms with E-state index in [4.69, 9.17) is 9.47 Å². The van der Waals surface area contributed by atoms with Crippen LogP contribution >= 0.6 is 15.9 Å². The van der Waals surface area contributed by atoms with Crippen molar-refractivity contribution in [2.45, 2.75) is 55.3 Å². The molecule has 2 N–H and O–H groups in total. The van der Waals surface area contributed by atoms with Gasteiger partial charge in [0, 0.05) is 25.3 Å². The first-order valence-corrected chi connectivity index (χ1v) is 12.1. The molecule has 2 aromatic heterocycles. The SMILES string of the molecule is CO[C@@H]1[C@@H](n2cc(-c3ccc(Br)c(F)c3F)nn2)[C@@H](O)[C@@H](CO)O[C@@H]1Cc1cn(C2(CF)CC2)nn1. The lowest BCUT2D eigenvalue weighted by Crippen LogP contribution is -2.57. The molecule has 3 aromatic rings. The molecule has 0 bridgehead atoms. The van der Waals surface area contributed by atoms with Crippen molar-refractivity contribution in [2.75, 3.05) is 20.4 Å². The second-order valence-corrected chi connectivity index (χ2v) is 9.95. The van der Waals surface area contributed by atoms with Gasteiger partial charge in [-0.2, -0.15) is 0 Å². The topological polar surface area (TPSA) is 120 Å². The van der Waals surface area contributed by atoms with Crippen LogP contribution in [0.2, 0.25) is 0 Å². The van der Waals surface area contributed by atoms with Crippen LogP contribution in [-0.4, -0.2) is 85.0 Å². The number of hydrogen-bond donors (Lipinski definition) is 2. The monoisotopic (exact) mass is 572 g/mol. The summed E-state index contributed by atoms with van der Waals surface area (Å²) in [4.78, 5) is 0. The number of halogens is 4. The van der Waals surface area contributed by atoms with Crippen molar-refractivity contribution >= 4 is 15.9 Å². The standard InChI is InChI=1S/C22H24BrF3N6O4/c1-35-21-15(6-11-7-32(30-27-11)22(10-24)4-5-22)36-16(9-33)20(34)19(21)31-8-14(28-29-31)12-2-3-13(23)18(26)17(12)25/h2-3,7-8,15-16,19-21,33-34H,4-6,9-10H2,1H3/t15-,16-,19+,20+,21+/m1/s1. The molecule has 5 rings (SSSR count). The van der Waals surface area contributed by atoms with Crippen LogP contribution in [-0.2, 0) is 21.4 Å². The Hall–Kier alpha value is -2.39. The zero-order chi connectivity index (χ0) is 25.6. The predicted octanol–water partition coefficient (Wildman–Crippen LogP) is 1.96. The minimum absolute atomic E-state index is 0.0277. The van der Waals surface area contributed by atoms with Gasteiger partial charge in [-0.3, -0.25) is 0 Å². The Balaban J connectivity index is 1.43. The Morgan fingerprint density at radius 1 is 1.17 bits per heavy atom. The van der Waals surface area contributed by atoms with Gasteiger partial charge in [0.15, 0.2) is 11.6 Å². The van der Waals surface area contributed by atoms with E-state index in [1.807, 2.05) is 0 Å². The molecule has 1 saturated heterocycles. The van der Waals surface area contributed by atoms with E-state index in [2.05, 4.69) is 36.6 Å². The largest absolute Gasteiger partial charge is 0.394 e. The van der Waals surface area contributed by atoms with Crippen LogP contribution in [0.25, 0.3) is 11.3 Å². The minimum Gasteiger partial charge on any atom is -0.394 e. The van der Waals surface area contributed by atoms with Crippen molar-refractivity contribution < 1.29 is 32.9 Å². The molecule has 2 fully saturated rings. The fourth-order valence-electron chi connectivity index (χ4n) is 4.60. The molecule has 10 nitrogen and oxygen atoms in total. The van der Waals surface area contributed by atoms with Gasteiger partial charge in [0.25, 0.3) is 0 Å². The Bertz CT molecular complexity index is 1240. The number of rotatable bonds is 8. The molecule has 0 radical (unpaired) electrons. The van der Waals surface area contributed by atoms with Gasteiger partial charge in [0.1, 0.15) is 36.7 Å². The first kappa shape index (κ1) is 25.3. The molecule has 36 heavy (non-hydrogen) atoms. The summed E-state index contributed by atoms with van der Waals surface area (Å²) in [5, 5.41) is 37.0. The van der Waals surface area contributed by atoms with Gasteiger partial charge in [-0.1, -0.05) is 10.4 Å². The number of ether oxygens (including phenoxy) is 2. The number of benzene rings is 1. The summed E-state index contributed by atoms with van der Waals surface area (Å²) in [6, 6.07) is 1.83. The predicted molar refractivity (Wildman–Crippen MR) is 122 cm³/mol. The smallest absolute Gasteiger partial charge is 0.173 e. The van der Waals surface area contributed by atoms with E-state index in [0.717, 1.165) is 0 Å². The lowest BCUT2D eigenvalue weighted by molar-refractivity contribution is -0.212. The third kappa shape index (κ3) is 4.34. The fourth-order valence-corrected chi connectivity index (χ4v) is 4.90. The molecule has 1 saturated carbocycles. The van der Waals surface area contributed by atoms with Crippen LogP contribution in [0, 0.1) is 11.6 Å². The highest BCUT2D eigenvalue weighted by Gasteiger charge is 2.48. The second kappa shape index (κ2) is 9.82. The quantitative estimate of drug-likeness (QED) is 0.393. The number of aromatic nitrogens is 6. The molecule has 3 heterocycles. The van der Waals surface area contributed by atoms with Crippen LogP contribution in [0.1, 0.15) is 24.6 Å². The highest BCUT2D eigenvalue weighted by Crippen LogP contribution is 2.43. The summed E-state index contributed by atoms with van der Waals surface area (Å²) in [7, 11) is 1.43. The Morgan fingerprint density at radius 3 is 2.61 bits per heavy atom. The molecule has 5 atom stereocenters. The lowest BCUT2D eigenvalue weighted by Gasteiger charge is -2.43. The molecular formula is C22H24BrF3N6O4. The summed E-state index contributed by atoms with van der Waals surface area (Å²) in [5.41, 5.74) is -0.162. The number of methoxy groups -OCH3 is 1. The van der Waals surface area contributed by atoms with Gasteiger partial charge >= 0.3 is 0 Å². The minimum atomic E-state index is -1.26. The van der Waals surface area contributed by atoms with Crippen LogP contribution in [0.5, 0.6) is 0 Å². The van der Waals surface area contributed by atoms with Gasteiger partial charge in [-0.25, -0.2) is 22.5 Å². The normalized spacial score (nSPS) is 27.4. The van der Waals surface area contributed by atoms with Gasteiger partial charge < -0.3 is 19.7 Å². The molecule has 2 aliphatic rings. The van der Waals surface area contributed by atoms with E-state index in [1.165, 1.54) is 34.8 Å². The van der Waals surface area contributed by atoms with Crippen LogP contribution in [0.15, 0.2) is 29.0 Å². The van der Waals surface area contributed by atoms with Crippen molar-refractivity contribution in [2.24, 2.45) is 0 Å². The Morgan fingerprint density at radius 2 is 1.94 bits per heavy atom. The molecule has 1 aliphatic carbocycles.